The standard InChI is InChI=1S/C14H15NOS/c1-11-3-7-13(8-4-11)17(16)14-9-5-12(15-2)6-10-14/h3-10,15H,1-2H3. The molecule has 3 heteroatoms. The first kappa shape index (κ1) is 11.9. The second-order valence-electron chi connectivity index (χ2n) is 3.86. The van der Waals surface area contributed by atoms with Crippen LogP contribution in [0.25, 0.3) is 0 Å². The summed E-state index contributed by atoms with van der Waals surface area (Å²) >= 11 is 0. The minimum absolute atomic E-state index is 0.827. The number of aryl methyl sites for hydroxylation is 1. The Morgan fingerprint density at radius 2 is 1.35 bits per heavy atom. The third-order valence-electron chi connectivity index (χ3n) is 2.59. The van der Waals surface area contributed by atoms with Crippen molar-refractivity contribution in [1.82, 2.24) is 0 Å². The molecule has 0 fully saturated rings. The molecule has 0 aromatic heterocycles. The van der Waals surface area contributed by atoms with Crippen LogP contribution in [0.1, 0.15) is 5.56 Å². The highest BCUT2D eigenvalue weighted by Gasteiger charge is 2.06. The summed E-state index contributed by atoms with van der Waals surface area (Å²) in [5.41, 5.74) is 2.20. The first-order valence-corrected chi connectivity index (χ1v) is 6.62. The van der Waals surface area contributed by atoms with Crippen molar-refractivity contribution in [3.63, 3.8) is 0 Å². The van der Waals surface area contributed by atoms with Crippen LogP contribution >= 0.6 is 0 Å². The highest BCUT2D eigenvalue weighted by molar-refractivity contribution is 7.85. The maximum atomic E-state index is 12.2. The first-order valence-electron chi connectivity index (χ1n) is 5.47. The van der Waals surface area contributed by atoms with Gasteiger partial charge >= 0.3 is 0 Å². The molecule has 0 radical (unpaired) electrons. The van der Waals surface area contributed by atoms with Crippen LogP contribution in [0.5, 0.6) is 0 Å². The van der Waals surface area contributed by atoms with Crippen LogP contribution in [0, 0.1) is 6.92 Å². The fraction of sp³-hybridized carbons (Fsp3) is 0.143. The molecule has 0 bridgehead atoms. The molecule has 2 aromatic carbocycles. The molecule has 1 unspecified atom stereocenters. The maximum absolute atomic E-state index is 12.2. The summed E-state index contributed by atoms with van der Waals surface area (Å²) in [7, 11) is 0.774. The second kappa shape index (κ2) is 5.15. The highest BCUT2D eigenvalue weighted by Crippen LogP contribution is 2.18. The molecule has 0 heterocycles. The van der Waals surface area contributed by atoms with Crippen molar-refractivity contribution in [2.45, 2.75) is 16.7 Å². The van der Waals surface area contributed by atoms with E-state index >= 15 is 0 Å². The van der Waals surface area contributed by atoms with Gasteiger partial charge < -0.3 is 5.32 Å². The fourth-order valence-electron chi connectivity index (χ4n) is 1.54. The Hall–Kier alpha value is -1.61. The Labute approximate surface area is 104 Å². The third kappa shape index (κ3) is 2.74. The minimum Gasteiger partial charge on any atom is -0.388 e. The average molecular weight is 245 g/mol. The predicted octanol–water partition coefficient (Wildman–Crippen LogP) is 3.20. The molecule has 2 nitrogen and oxygen atoms in total. The van der Waals surface area contributed by atoms with E-state index in [0.29, 0.717) is 0 Å². The lowest BCUT2D eigenvalue weighted by Gasteiger charge is -2.04. The van der Waals surface area contributed by atoms with Gasteiger partial charge in [-0.3, -0.25) is 0 Å². The third-order valence-corrected chi connectivity index (χ3v) is 3.99. The van der Waals surface area contributed by atoms with Crippen molar-refractivity contribution < 1.29 is 4.21 Å². The van der Waals surface area contributed by atoms with Crippen molar-refractivity contribution >= 4 is 16.5 Å². The first-order chi connectivity index (χ1) is 8.20. The van der Waals surface area contributed by atoms with Crippen molar-refractivity contribution in [3.8, 4) is 0 Å². The van der Waals surface area contributed by atoms with E-state index in [1.807, 2.05) is 62.5 Å². The van der Waals surface area contributed by atoms with E-state index in [-0.39, 0.29) is 0 Å². The Morgan fingerprint density at radius 1 is 0.882 bits per heavy atom. The lowest BCUT2D eigenvalue weighted by molar-refractivity contribution is 0.683. The summed E-state index contributed by atoms with van der Waals surface area (Å²) in [5, 5.41) is 3.04. The van der Waals surface area contributed by atoms with Gasteiger partial charge in [0.2, 0.25) is 0 Å². The van der Waals surface area contributed by atoms with E-state index in [1.165, 1.54) is 5.56 Å². The van der Waals surface area contributed by atoms with E-state index < -0.39 is 10.8 Å². The second-order valence-corrected chi connectivity index (χ2v) is 5.34. The van der Waals surface area contributed by atoms with Gasteiger partial charge in [0.1, 0.15) is 0 Å². The van der Waals surface area contributed by atoms with Crippen molar-refractivity contribution in [2.24, 2.45) is 0 Å². The molecular weight excluding hydrogens is 230 g/mol. The zero-order chi connectivity index (χ0) is 12.3. The fourth-order valence-corrected chi connectivity index (χ4v) is 2.58. The summed E-state index contributed by atoms with van der Waals surface area (Å²) < 4.78 is 12.2. The van der Waals surface area contributed by atoms with E-state index in [1.54, 1.807) is 0 Å². The predicted molar refractivity (Wildman–Crippen MR) is 71.8 cm³/mol. The Kier molecular flexibility index (Phi) is 3.59. The molecule has 0 saturated heterocycles. The van der Waals surface area contributed by atoms with Gasteiger partial charge in [-0.25, -0.2) is 4.21 Å². The molecule has 1 atom stereocenters. The largest absolute Gasteiger partial charge is 0.388 e. The van der Waals surface area contributed by atoms with Gasteiger partial charge in [0.15, 0.2) is 0 Å². The van der Waals surface area contributed by atoms with Crippen molar-refractivity contribution in [3.05, 3.63) is 54.1 Å². The Bertz CT molecular complexity index is 517. The van der Waals surface area contributed by atoms with Gasteiger partial charge in [0, 0.05) is 22.5 Å². The molecule has 88 valence electrons. The van der Waals surface area contributed by atoms with Crippen LogP contribution < -0.4 is 5.32 Å². The van der Waals surface area contributed by atoms with Gasteiger partial charge in [0.25, 0.3) is 0 Å². The van der Waals surface area contributed by atoms with Gasteiger partial charge in [-0.15, -0.1) is 0 Å². The summed E-state index contributed by atoms with van der Waals surface area (Å²) in [6.07, 6.45) is 0. The van der Waals surface area contributed by atoms with Crippen LogP contribution in [0.15, 0.2) is 58.3 Å². The van der Waals surface area contributed by atoms with Gasteiger partial charge in [-0.2, -0.15) is 0 Å². The normalized spacial score (nSPS) is 12.1. The van der Waals surface area contributed by atoms with E-state index in [0.717, 1.165) is 15.5 Å². The van der Waals surface area contributed by atoms with Crippen LogP contribution in [0.2, 0.25) is 0 Å². The van der Waals surface area contributed by atoms with Gasteiger partial charge in [0.05, 0.1) is 10.8 Å². The number of hydrogen-bond acceptors (Lipinski definition) is 2. The van der Waals surface area contributed by atoms with E-state index in [4.69, 9.17) is 0 Å². The Balaban J connectivity index is 2.27. The zero-order valence-corrected chi connectivity index (χ0v) is 10.8. The van der Waals surface area contributed by atoms with Crippen LogP contribution in [-0.4, -0.2) is 11.3 Å². The molecule has 1 N–H and O–H groups in total. The Morgan fingerprint density at radius 3 is 1.82 bits per heavy atom. The highest BCUT2D eigenvalue weighted by atomic mass is 32.2. The number of benzene rings is 2. The van der Waals surface area contributed by atoms with E-state index in [9.17, 15) is 4.21 Å². The maximum Gasteiger partial charge on any atom is 0.0849 e. The summed E-state index contributed by atoms with van der Waals surface area (Å²) in [5.74, 6) is 0. The molecule has 2 rings (SSSR count). The molecular formula is C14H15NOS. The number of nitrogens with one attached hydrogen (secondary N) is 1. The number of rotatable bonds is 3. The summed E-state index contributed by atoms with van der Waals surface area (Å²) in [6, 6.07) is 15.4. The number of anilines is 1. The van der Waals surface area contributed by atoms with Crippen LogP contribution in [0.3, 0.4) is 0 Å². The summed E-state index contributed by atoms with van der Waals surface area (Å²) in [4.78, 5) is 1.67. The van der Waals surface area contributed by atoms with Crippen LogP contribution in [-0.2, 0) is 10.8 Å². The lowest BCUT2D eigenvalue weighted by Crippen LogP contribution is -1.94. The van der Waals surface area contributed by atoms with Gasteiger partial charge in [-0.05, 0) is 43.3 Å². The monoisotopic (exact) mass is 245 g/mol. The zero-order valence-electron chi connectivity index (χ0n) is 9.94. The molecule has 0 aliphatic carbocycles. The SMILES string of the molecule is CNc1ccc(S(=O)c2ccc(C)cc2)cc1. The molecule has 0 saturated carbocycles. The number of hydrogen-bond donors (Lipinski definition) is 1. The van der Waals surface area contributed by atoms with Crippen molar-refractivity contribution in [1.29, 1.82) is 0 Å². The smallest absolute Gasteiger partial charge is 0.0849 e. The van der Waals surface area contributed by atoms with Crippen LogP contribution in [0.4, 0.5) is 5.69 Å². The lowest BCUT2D eigenvalue weighted by atomic mass is 10.2. The van der Waals surface area contributed by atoms with E-state index in [2.05, 4.69) is 5.32 Å². The quantitative estimate of drug-likeness (QED) is 0.899. The van der Waals surface area contributed by atoms with Gasteiger partial charge in [-0.1, -0.05) is 17.7 Å². The molecule has 2 aromatic rings. The topological polar surface area (TPSA) is 29.1 Å². The molecule has 0 aliphatic heterocycles. The molecule has 0 aliphatic rings. The summed E-state index contributed by atoms with van der Waals surface area (Å²) in [6.45, 7) is 2.02. The molecule has 17 heavy (non-hydrogen) atoms. The molecule has 0 spiro atoms. The average Bonchev–Trinajstić information content (AvgIpc) is 2.39. The van der Waals surface area contributed by atoms with Crippen molar-refractivity contribution in [2.75, 3.05) is 12.4 Å². The molecule has 0 amide bonds. The minimum atomic E-state index is -1.09.